The van der Waals surface area contributed by atoms with Gasteiger partial charge in [-0.3, -0.25) is 9.59 Å². The van der Waals surface area contributed by atoms with Gasteiger partial charge in [0.05, 0.1) is 30.3 Å². The fourth-order valence-corrected chi connectivity index (χ4v) is 4.87. The number of rotatable bonds is 6. The Morgan fingerprint density at radius 1 is 1.22 bits per heavy atom. The molecular weight excluding hydrogens is 454 g/mol. The van der Waals surface area contributed by atoms with Crippen LogP contribution >= 0.6 is 0 Å². The van der Waals surface area contributed by atoms with E-state index in [1.165, 1.54) is 0 Å². The number of anilines is 1. The summed E-state index contributed by atoms with van der Waals surface area (Å²) in [5.41, 5.74) is 3.17. The van der Waals surface area contributed by atoms with Crippen LogP contribution in [0.25, 0.3) is 11.0 Å². The summed E-state index contributed by atoms with van der Waals surface area (Å²) in [5, 5.41) is 12.9. The van der Waals surface area contributed by atoms with E-state index >= 15 is 0 Å². The van der Waals surface area contributed by atoms with E-state index in [9.17, 15) is 9.59 Å². The lowest BCUT2D eigenvalue weighted by molar-refractivity contribution is -0.137. The predicted molar refractivity (Wildman–Crippen MR) is 139 cm³/mol. The molecule has 1 unspecified atom stereocenters. The van der Waals surface area contributed by atoms with Crippen molar-refractivity contribution in [3.8, 4) is 11.8 Å². The van der Waals surface area contributed by atoms with Crippen molar-refractivity contribution in [2.24, 2.45) is 18.9 Å². The molecule has 8 nitrogen and oxygen atoms in total. The molecule has 1 fully saturated rings. The Morgan fingerprint density at radius 3 is 2.58 bits per heavy atom. The van der Waals surface area contributed by atoms with E-state index in [4.69, 9.17) is 10.00 Å². The number of pyridine rings is 1. The summed E-state index contributed by atoms with van der Waals surface area (Å²) >= 11 is 0. The average Bonchev–Trinajstić information content (AvgIpc) is 3.24. The third kappa shape index (κ3) is 4.78. The highest BCUT2D eigenvalue weighted by atomic mass is 16.5. The highest BCUT2D eigenvalue weighted by molar-refractivity contribution is 6.07. The molecule has 36 heavy (non-hydrogen) atoms. The van der Waals surface area contributed by atoms with E-state index in [0.717, 1.165) is 42.5 Å². The van der Waals surface area contributed by atoms with Crippen molar-refractivity contribution in [1.82, 2.24) is 14.5 Å². The highest BCUT2D eigenvalue weighted by Crippen LogP contribution is 2.41. The maximum Gasteiger partial charge on any atom is 0.255 e. The molecule has 1 aliphatic rings. The van der Waals surface area contributed by atoms with Gasteiger partial charge in [-0.15, -0.1) is 0 Å². The number of nitriles is 1. The number of fused-ring (bicyclic) bond motifs is 1. The van der Waals surface area contributed by atoms with Crippen molar-refractivity contribution >= 4 is 28.5 Å². The number of nitrogens with one attached hydrogen (secondary N) is 1. The van der Waals surface area contributed by atoms with Crippen LogP contribution in [0.1, 0.15) is 61.0 Å². The molecule has 1 aliphatic heterocycles. The smallest absolute Gasteiger partial charge is 0.255 e. The molecule has 1 N–H and O–H groups in total. The molecule has 8 heteroatoms. The summed E-state index contributed by atoms with van der Waals surface area (Å²) in [6, 6.07) is 8.61. The van der Waals surface area contributed by atoms with Crippen LogP contribution < -0.4 is 10.1 Å². The molecule has 1 atom stereocenters. The molecule has 0 saturated carbocycles. The van der Waals surface area contributed by atoms with Gasteiger partial charge in [0.25, 0.3) is 5.91 Å². The van der Waals surface area contributed by atoms with Gasteiger partial charge in [0.15, 0.2) is 5.75 Å². The van der Waals surface area contributed by atoms with Crippen molar-refractivity contribution in [3.63, 3.8) is 0 Å². The molecule has 3 heterocycles. The number of nitrogens with zero attached hydrogens (tertiary/aromatic N) is 4. The van der Waals surface area contributed by atoms with Gasteiger partial charge in [-0.25, -0.2) is 4.98 Å². The zero-order valence-corrected chi connectivity index (χ0v) is 21.5. The molecule has 1 aromatic carbocycles. The number of hydrogen-bond acceptors (Lipinski definition) is 5. The second-order valence-electron chi connectivity index (χ2n) is 9.88. The first-order chi connectivity index (χ1) is 17.2. The topological polar surface area (TPSA) is 100 Å². The van der Waals surface area contributed by atoms with Crippen LogP contribution in [0.4, 0.5) is 5.69 Å². The van der Waals surface area contributed by atoms with Crippen LogP contribution in [-0.2, 0) is 11.8 Å². The Balaban J connectivity index is 1.62. The summed E-state index contributed by atoms with van der Waals surface area (Å²) < 4.78 is 7.80. The van der Waals surface area contributed by atoms with Crippen molar-refractivity contribution in [1.29, 1.82) is 5.26 Å². The normalized spacial score (nSPS) is 15.1. The standard InChI is InChI=1S/C28H33N5O3/c1-17(2)18(3)28(35)33-11-9-20(10-12-33)22-16-32(4)26-24(22)25(36-5)23(15-30-26)31-27(34)21-8-6-7-19(13-21)14-29/h6-8,13,15-18,20H,9-12H2,1-5H3,(H,31,34). The average molecular weight is 488 g/mol. The lowest BCUT2D eigenvalue weighted by Gasteiger charge is -2.34. The van der Waals surface area contributed by atoms with Crippen LogP contribution in [-0.4, -0.2) is 46.5 Å². The number of carbonyl (C=O) groups is 2. The van der Waals surface area contributed by atoms with Gasteiger partial charge in [-0.05, 0) is 48.4 Å². The van der Waals surface area contributed by atoms with Gasteiger partial charge in [0.1, 0.15) is 11.3 Å². The zero-order chi connectivity index (χ0) is 26.0. The van der Waals surface area contributed by atoms with Crippen molar-refractivity contribution in [2.45, 2.75) is 39.5 Å². The van der Waals surface area contributed by atoms with E-state index in [1.807, 2.05) is 23.4 Å². The number of methoxy groups -OCH3 is 1. The van der Waals surface area contributed by atoms with Crippen LogP contribution in [0.15, 0.2) is 36.7 Å². The van der Waals surface area contributed by atoms with Crippen molar-refractivity contribution in [2.75, 3.05) is 25.5 Å². The summed E-state index contributed by atoms with van der Waals surface area (Å²) in [6.07, 6.45) is 5.40. The van der Waals surface area contributed by atoms with Gasteiger partial charge in [-0.1, -0.05) is 26.8 Å². The number of hydrogen-bond donors (Lipinski definition) is 1. The number of amides is 2. The van der Waals surface area contributed by atoms with E-state index in [1.54, 1.807) is 37.6 Å². The number of aromatic nitrogens is 2. The molecular formula is C28H33N5O3. The summed E-state index contributed by atoms with van der Waals surface area (Å²) in [5.74, 6) is 1.04. The highest BCUT2D eigenvalue weighted by Gasteiger charge is 2.30. The monoisotopic (exact) mass is 487 g/mol. The first-order valence-corrected chi connectivity index (χ1v) is 12.4. The molecule has 2 aromatic heterocycles. The number of benzene rings is 1. The van der Waals surface area contributed by atoms with E-state index in [0.29, 0.717) is 28.5 Å². The first-order valence-electron chi connectivity index (χ1n) is 12.4. The van der Waals surface area contributed by atoms with E-state index in [2.05, 4.69) is 36.4 Å². The summed E-state index contributed by atoms with van der Waals surface area (Å²) in [4.78, 5) is 32.4. The van der Waals surface area contributed by atoms with Crippen molar-refractivity contribution < 1.29 is 14.3 Å². The van der Waals surface area contributed by atoms with Gasteiger partial charge in [0.2, 0.25) is 5.91 Å². The van der Waals surface area contributed by atoms with E-state index < -0.39 is 0 Å². The van der Waals surface area contributed by atoms with Crippen LogP contribution in [0.2, 0.25) is 0 Å². The summed E-state index contributed by atoms with van der Waals surface area (Å²) in [7, 11) is 3.54. The van der Waals surface area contributed by atoms with Crippen LogP contribution in [0.3, 0.4) is 0 Å². The molecule has 0 bridgehead atoms. The van der Waals surface area contributed by atoms with Crippen LogP contribution in [0, 0.1) is 23.2 Å². The van der Waals surface area contributed by atoms with E-state index in [-0.39, 0.29) is 23.7 Å². The van der Waals surface area contributed by atoms with Gasteiger partial charge < -0.3 is 19.5 Å². The number of ether oxygens (including phenoxy) is 1. The fourth-order valence-electron chi connectivity index (χ4n) is 4.87. The zero-order valence-electron chi connectivity index (χ0n) is 21.5. The number of piperidine rings is 1. The third-order valence-electron chi connectivity index (χ3n) is 7.31. The molecule has 188 valence electrons. The third-order valence-corrected chi connectivity index (χ3v) is 7.31. The Kier molecular flexibility index (Phi) is 7.30. The first kappa shape index (κ1) is 25.2. The minimum atomic E-state index is -0.338. The number of aryl methyl sites for hydroxylation is 1. The molecule has 3 aromatic rings. The Bertz CT molecular complexity index is 1330. The quantitative estimate of drug-likeness (QED) is 0.543. The Morgan fingerprint density at radius 2 is 1.94 bits per heavy atom. The Hall–Kier alpha value is -3.86. The lowest BCUT2D eigenvalue weighted by atomic mass is 9.88. The number of likely N-dealkylation sites (tertiary alicyclic amines) is 1. The predicted octanol–water partition coefficient (Wildman–Crippen LogP) is 4.70. The second kappa shape index (κ2) is 10.4. The summed E-state index contributed by atoms with van der Waals surface area (Å²) in [6.45, 7) is 7.62. The lowest BCUT2D eigenvalue weighted by Crippen LogP contribution is -2.41. The molecule has 0 spiro atoms. The Labute approximate surface area is 211 Å². The molecule has 2 amide bonds. The number of carbonyl (C=O) groups excluding carboxylic acids is 2. The minimum Gasteiger partial charge on any atom is -0.494 e. The van der Waals surface area contributed by atoms with Gasteiger partial charge in [0, 0.05) is 37.8 Å². The second-order valence-corrected chi connectivity index (χ2v) is 9.88. The van der Waals surface area contributed by atoms with Gasteiger partial charge >= 0.3 is 0 Å². The molecule has 4 rings (SSSR count). The SMILES string of the molecule is COc1c(NC(=O)c2cccc(C#N)c2)cnc2c1c(C1CCN(C(=O)C(C)C(C)C)CC1)cn2C. The van der Waals surface area contributed by atoms with Crippen molar-refractivity contribution in [3.05, 3.63) is 53.3 Å². The van der Waals surface area contributed by atoms with Gasteiger partial charge in [-0.2, -0.15) is 5.26 Å². The molecule has 1 saturated heterocycles. The molecule has 0 aliphatic carbocycles. The maximum absolute atomic E-state index is 12.9. The molecule has 0 radical (unpaired) electrons. The minimum absolute atomic E-state index is 0.0171. The largest absolute Gasteiger partial charge is 0.494 e. The maximum atomic E-state index is 12.9. The fraction of sp³-hybridized carbons (Fsp3) is 0.429. The van der Waals surface area contributed by atoms with Crippen LogP contribution in [0.5, 0.6) is 5.75 Å².